The van der Waals surface area contributed by atoms with Crippen LogP contribution in [-0.4, -0.2) is 11.3 Å². The largest absolute Gasteiger partial charge is 0.298 e. The molecule has 0 atom stereocenters. The van der Waals surface area contributed by atoms with Gasteiger partial charge >= 0.3 is 0 Å². The van der Waals surface area contributed by atoms with Gasteiger partial charge in [-0.1, -0.05) is 0 Å². The van der Waals surface area contributed by atoms with E-state index in [0.717, 1.165) is 6.29 Å². The molecule has 0 spiro atoms. The molecule has 0 aliphatic carbocycles. The lowest BCUT2D eigenvalue weighted by Crippen LogP contribution is -1.89. The lowest BCUT2D eigenvalue weighted by Gasteiger charge is -1.92. The van der Waals surface area contributed by atoms with Gasteiger partial charge in [0.15, 0.2) is 0 Å². The van der Waals surface area contributed by atoms with Gasteiger partial charge in [-0.2, -0.15) is 5.26 Å². The summed E-state index contributed by atoms with van der Waals surface area (Å²) in [6, 6.07) is 5.17. The summed E-state index contributed by atoms with van der Waals surface area (Å²) in [5.41, 5.74) is 1.20. The van der Waals surface area contributed by atoms with Crippen LogP contribution in [0, 0.1) is 11.3 Å². The predicted molar refractivity (Wildman–Crippen MR) is 38.9 cm³/mol. The smallest absolute Gasteiger partial charge is 0.150 e. The van der Waals surface area contributed by atoms with Crippen molar-refractivity contribution in [3.05, 3.63) is 29.6 Å². The Morgan fingerprint density at radius 2 is 2.55 bits per heavy atom. The maximum absolute atomic E-state index is 10.3. The minimum atomic E-state index is 0.252. The van der Waals surface area contributed by atoms with Crippen LogP contribution in [0.5, 0.6) is 0 Å². The second-order valence-corrected chi connectivity index (χ2v) is 2.03. The van der Waals surface area contributed by atoms with Gasteiger partial charge < -0.3 is 0 Å². The Bertz CT molecular complexity index is 301. The van der Waals surface area contributed by atoms with Crippen molar-refractivity contribution in [1.82, 2.24) is 4.98 Å². The molecule has 54 valence electrons. The summed E-state index contributed by atoms with van der Waals surface area (Å²) in [4.78, 5) is 14.1. The standard InChI is InChI=1S/C8H6N2O/c9-3-1-8-5-7(6-11)2-4-10-8/h2,4-6H,1H2. The molecule has 0 saturated carbocycles. The maximum atomic E-state index is 10.3. The van der Waals surface area contributed by atoms with Crippen molar-refractivity contribution in [3.8, 4) is 6.07 Å². The Labute approximate surface area is 64.3 Å². The fourth-order valence-corrected chi connectivity index (χ4v) is 0.748. The zero-order valence-corrected chi connectivity index (χ0v) is 5.82. The molecule has 0 amide bonds. The molecule has 1 heterocycles. The lowest BCUT2D eigenvalue weighted by molar-refractivity contribution is 0.112. The average Bonchev–Trinajstić information content (AvgIpc) is 2.06. The average molecular weight is 146 g/mol. The quantitative estimate of drug-likeness (QED) is 0.584. The summed E-state index contributed by atoms with van der Waals surface area (Å²) in [7, 11) is 0. The van der Waals surface area contributed by atoms with Crippen LogP contribution in [0.2, 0.25) is 0 Å². The summed E-state index contributed by atoms with van der Waals surface area (Å²) in [5.74, 6) is 0. The van der Waals surface area contributed by atoms with Gasteiger partial charge in [-0.3, -0.25) is 9.78 Å². The summed E-state index contributed by atoms with van der Waals surface area (Å²) < 4.78 is 0. The van der Waals surface area contributed by atoms with Gasteiger partial charge in [0.1, 0.15) is 6.29 Å². The number of nitriles is 1. The molecule has 0 aromatic carbocycles. The molecule has 3 nitrogen and oxygen atoms in total. The summed E-state index contributed by atoms with van der Waals surface area (Å²) in [6.45, 7) is 0. The summed E-state index contributed by atoms with van der Waals surface area (Å²) in [5, 5.41) is 8.30. The van der Waals surface area contributed by atoms with Gasteiger partial charge in [-0.05, 0) is 12.1 Å². The molecule has 3 heteroatoms. The topological polar surface area (TPSA) is 53.8 Å². The van der Waals surface area contributed by atoms with E-state index in [2.05, 4.69) is 4.98 Å². The van der Waals surface area contributed by atoms with Gasteiger partial charge in [0.25, 0.3) is 0 Å². The zero-order chi connectivity index (χ0) is 8.10. The number of carbonyl (C=O) groups excluding carboxylic acids is 1. The van der Waals surface area contributed by atoms with Crippen LogP contribution in [0.15, 0.2) is 18.3 Å². The van der Waals surface area contributed by atoms with E-state index in [-0.39, 0.29) is 6.42 Å². The molecule has 0 saturated heterocycles. The van der Waals surface area contributed by atoms with E-state index in [0.29, 0.717) is 11.3 Å². The van der Waals surface area contributed by atoms with Crippen LogP contribution in [0.4, 0.5) is 0 Å². The molecule has 0 N–H and O–H groups in total. The van der Waals surface area contributed by atoms with Gasteiger partial charge in [-0.15, -0.1) is 0 Å². The number of aromatic nitrogens is 1. The van der Waals surface area contributed by atoms with Gasteiger partial charge in [0.05, 0.1) is 18.2 Å². The van der Waals surface area contributed by atoms with Crippen molar-refractivity contribution in [3.63, 3.8) is 0 Å². The van der Waals surface area contributed by atoms with Crippen LogP contribution >= 0.6 is 0 Å². The van der Waals surface area contributed by atoms with Crippen LogP contribution in [0.25, 0.3) is 0 Å². The van der Waals surface area contributed by atoms with Gasteiger partial charge in [0, 0.05) is 11.8 Å². The first-order chi connectivity index (χ1) is 5.36. The molecule has 0 unspecified atom stereocenters. The van der Waals surface area contributed by atoms with Crippen molar-refractivity contribution >= 4 is 6.29 Å². The number of hydrogen-bond donors (Lipinski definition) is 0. The minimum Gasteiger partial charge on any atom is -0.298 e. The molecular weight excluding hydrogens is 140 g/mol. The lowest BCUT2D eigenvalue weighted by atomic mass is 10.2. The SMILES string of the molecule is N#CCc1cc(C=O)ccn1. The van der Waals surface area contributed by atoms with Crippen LogP contribution in [0.3, 0.4) is 0 Å². The molecule has 1 aromatic rings. The van der Waals surface area contributed by atoms with Gasteiger partial charge in [0.2, 0.25) is 0 Å². The number of pyridine rings is 1. The first-order valence-corrected chi connectivity index (χ1v) is 3.14. The van der Waals surface area contributed by atoms with E-state index in [4.69, 9.17) is 5.26 Å². The van der Waals surface area contributed by atoms with E-state index in [1.54, 1.807) is 12.1 Å². The van der Waals surface area contributed by atoms with Crippen molar-refractivity contribution in [2.45, 2.75) is 6.42 Å². The highest BCUT2D eigenvalue weighted by Crippen LogP contribution is 1.98. The predicted octanol–water partition coefficient (Wildman–Crippen LogP) is 0.960. The molecule has 0 aliphatic rings. The van der Waals surface area contributed by atoms with E-state index >= 15 is 0 Å². The number of hydrogen-bond acceptors (Lipinski definition) is 3. The monoisotopic (exact) mass is 146 g/mol. The molecule has 1 aromatic heterocycles. The summed E-state index contributed by atoms with van der Waals surface area (Å²) >= 11 is 0. The number of aldehydes is 1. The van der Waals surface area contributed by atoms with Crippen molar-refractivity contribution in [1.29, 1.82) is 5.26 Å². The summed E-state index contributed by atoms with van der Waals surface area (Å²) in [6.07, 6.45) is 2.51. The second kappa shape index (κ2) is 3.47. The number of nitrogens with zero attached hydrogens (tertiary/aromatic N) is 2. The van der Waals surface area contributed by atoms with Crippen molar-refractivity contribution in [2.24, 2.45) is 0 Å². The zero-order valence-electron chi connectivity index (χ0n) is 5.82. The highest BCUT2D eigenvalue weighted by molar-refractivity contribution is 5.74. The third kappa shape index (κ3) is 1.87. The van der Waals surface area contributed by atoms with Gasteiger partial charge in [-0.25, -0.2) is 0 Å². The van der Waals surface area contributed by atoms with E-state index in [9.17, 15) is 4.79 Å². The second-order valence-electron chi connectivity index (χ2n) is 2.03. The van der Waals surface area contributed by atoms with E-state index in [1.165, 1.54) is 6.20 Å². The Morgan fingerprint density at radius 3 is 3.18 bits per heavy atom. The highest BCUT2D eigenvalue weighted by Gasteiger charge is 1.93. The molecule has 11 heavy (non-hydrogen) atoms. The van der Waals surface area contributed by atoms with E-state index in [1.807, 2.05) is 6.07 Å². The minimum absolute atomic E-state index is 0.252. The fourth-order valence-electron chi connectivity index (χ4n) is 0.748. The number of carbonyl (C=O) groups is 1. The fraction of sp³-hybridized carbons (Fsp3) is 0.125. The Balaban J connectivity index is 2.93. The first-order valence-electron chi connectivity index (χ1n) is 3.14. The highest BCUT2D eigenvalue weighted by atomic mass is 16.1. The van der Waals surface area contributed by atoms with Crippen molar-refractivity contribution in [2.75, 3.05) is 0 Å². The Kier molecular flexibility index (Phi) is 2.34. The van der Waals surface area contributed by atoms with Crippen LogP contribution in [0.1, 0.15) is 16.1 Å². The molecule has 0 aliphatic heterocycles. The maximum Gasteiger partial charge on any atom is 0.150 e. The van der Waals surface area contributed by atoms with E-state index < -0.39 is 0 Å². The molecular formula is C8H6N2O. The van der Waals surface area contributed by atoms with Crippen molar-refractivity contribution < 1.29 is 4.79 Å². The molecule has 0 bridgehead atoms. The molecule has 0 fully saturated rings. The Hall–Kier alpha value is -1.69. The number of rotatable bonds is 2. The normalized spacial score (nSPS) is 8.64. The third-order valence-electron chi connectivity index (χ3n) is 1.24. The van der Waals surface area contributed by atoms with Crippen LogP contribution in [-0.2, 0) is 6.42 Å². The molecule has 1 rings (SSSR count). The van der Waals surface area contributed by atoms with Crippen LogP contribution < -0.4 is 0 Å². The third-order valence-corrected chi connectivity index (χ3v) is 1.24. The Morgan fingerprint density at radius 1 is 1.73 bits per heavy atom. The molecule has 0 radical (unpaired) electrons. The first kappa shape index (κ1) is 7.42.